The highest BCUT2D eigenvalue weighted by Crippen LogP contribution is 2.60. The number of rotatable bonds is 5. The van der Waals surface area contributed by atoms with Crippen molar-refractivity contribution in [2.24, 2.45) is 28.0 Å². The first-order valence-corrected chi connectivity index (χ1v) is 9.91. The molecule has 1 aliphatic carbocycles. The summed E-state index contributed by atoms with van der Waals surface area (Å²) in [6.07, 6.45) is 3.31. The quantitative estimate of drug-likeness (QED) is 0.420. The van der Waals surface area contributed by atoms with E-state index in [1.54, 1.807) is 30.4 Å². The third kappa shape index (κ3) is 4.21. The second-order valence-electron chi connectivity index (χ2n) is 6.98. The number of carbonyl (C=O) groups excluding carboxylic acids is 2. The number of hydrogen-bond acceptors (Lipinski definition) is 6. The Morgan fingerprint density at radius 1 is 1.32 bits per heavy atom. The first-order valence-electron chi connectivity index (χ1n) is 8.34. The summed E-state index contributed by atoms with van der Waals surface area (Å²) in [4.78, 5) is 28.4. The molecule has 1 amide bonds. The maximum absolute atomic E-state index is 12.6. The van der Waals surface area contributed by atoms with Crippen molar-refractivity contribution in [2.45, 2.75) is 13.8 Å². The largest absolute Gasteiger partial charge is 0.493 e. The summed E-state index contributed by atoms with van der Waals surface area (Å²) in [5.74, 6) is -0.543. The van der Waals surface area contributed by atoms with Crippen molar-refractivity contribution in [1.82, 2.24) is 0 Å². The molecule has 1 aliphatic heterocycles. The van der Waals surface area contributed by atoms with Crippen LogP contribution in [0.1, 0.15) is 19.4 Å². The van der Waals surface area contributed by atoms with Crippen LogP contribution in [-0.4, -0.2) is 24.2 Å². The second-order valence-corrected chi connectivity index (χ2v) is 9.05. The lowest BCUT2D eigenvalue weighted by molar-refractivity contribution is -0.136. The molecule has 1 fully saturated rings. The molecule has 1 heterocycles. The lowest BCUT2D eigenvalue weighted by Gasteiger charge is -2.10. The van der Waals surface area contributed by atoms with Crippen LogP contribution in [0.25, 0.3) is 6.08 Å². The van der Waals surface area contributed by atoms with Gasteiger partial charge in [-0.3, -0.25) is 9.59 Å². The van der Waals surface area contributed by atoms with E-state index in [0.29, 0.717) is 22.0 Å². The van der Waals surface area contributed by atoms with Crippen LogP contribution in [0.3, 0.4) is 0 Å². The van der Waals surface area contributed by atoms with Gasteiger partial charge in [-0.15, -0.1) is 0 Å². The molecule has 1 aromatic rings. The Balaban J connectivity index is 1.77. The zero-order valence-electron chi connectivity index (χ0n) is 15.4. The van der Waals surface area contributed by atoms with Crippen LogP contribution in [0.2, 0.25) is 0 Å². The molecule has 1 aromatic carbocycles. The molecule has 0 unspecified atom stereocenters. The number of hydrogen-bond donors (Lipinski definition) is 1. The van der Waals surface area contributed by atoms with Crippen LogP contribution in [0.5, 0.6) is 11.5 Å². The molecule has 3 rings (SSSR count). The van der Waals surface area contributed by atoms with Gasteiger partial charge in [0.05, 0.1) is 17.9 Å². The van der Waals surface area contributed by atoms with E-state index in [1.165, 1.54) is 7.11 Å². The van der Waals surface area contributed by atoms with Gasteiger partial charge in [-0.2, -0.15) is 4.99 Å². The van der Waals surface area contributed by atoms with Crippen LogP contribution in [-0.2, 0) is 9.59 Å². The molecule has 0 radical (unpaired) electrons. The predicted molar refractivity (Wildman–Crippen MR) is 111 cm³/mol. The minimum atomic E-state index is -0.384. The van der Waals surface area contributed by atoms with E-state index in [2.05, 4.69) is 4.99 Å². The smallest absolute Gasteiger partial charge is 0.315 e. The normalized spacial score (nSPS) is 24.0. The molecule has 0 aromatic heterocycles. The zero-order chi connectivity index (χ0) is 20.6. The molecular weight excluding hydrogens is 423 g/mol. The summed E-state index contributed by atoms with van der Waals surface area (Å²) in [5.41, 5.74) is 5.96. The lowest BCUT2D eigenvalue weighted by Crippen LogP contribution is -2.14. The van der Waals surface area contributed by atoms with Gasteiger partial charge in [0.25, 0.3) is 5.91 Å². The summed E-state index contributed by atoms with van der Waals surface area (Å²) < 4.78 is 11.0. The highest BCUT2D eigenvalue weighted by Gasteiger charge is 2.61. The molecular formula is C19H18Cl2N2O4S. The second kappa shape index (κ2) is 7.81. The van der Waals surface area contributed by atoms with E-state index < -0.39 is 0 Å². The molecule has 0 saturated heterocycles. The maximum atomic E-state index is 12.6. The van der Waals surface area contributed by atoms with Gasteiger partial charge < -0.3 is 15.2 Å². The number of nitrogens with zero attached hydrogens (tertiary/aromatic N) is 1. The fourth-order valence-electron chi connectivity index (χ4n) is 3.18. The molecule has 148 valence electrons. The topological polar surface area (TPSA) is 91.0 Å². The van der Waals surface area contributed by atoms with Gasteiger partial charge in [0.2, 0.25) is 0 Å². The number of carbonyl (C=O) groups is 2. The van der Waals surface area contributed by atoms with Crippen LogP contribution in [0.15, 0.2) is 38.7 Å². The van der Waals surface area contributed by atoms with Gasteiger partial charge in [-0.05, 0) is 52.9 Å². The minimum absolute atomic E-state index is 0.0872. The van der Waals surface area contributed by atoms with Crippen molar-refractivity contribution in [3.8, 4) is 11.5 Å². The van der Waals surface area contributed by atoms with Gasteiger partial charge in [0.15, 0.2) is 16.7 Å². The number of thioether (sulfide) groups is 1. The fraction of sp³-hybridized carbons (Fsp3) is 0.316. The van der Waals surface area contributed by atoms with Crippen molar-refractivity contribution >= 4 is 58.1 Å². The highest BCUT2D eigenvalue weighted by atomic mass is 35.5. The van der Waals surface area contributed by atoms with E-state index >= 15 is 0 Å². The number of aliphatic imine (C=N–C) groups is 1. The molecule has 9 heteroatoms. The summed E-state index contributed by atoms with van der Waals surface area (Å²) >= 11 is 12.6. The van der Waals surface area contributed by atoms with Gasteiger partial charge in [-0.25, -0.2) is 0 Å². The van der Waals surface area contributed by atoms with Crippen molar-refractivity contribution in [1.29, 1.82) is 0 Å². The average molecular weight is 441 g/mol. The van der Waals surface area contributed by atoms with Crippen LogP contribution in [0, 0.1) is 17.3 Å². The number of ether oxygens (including phenoxy) is 2. The van der Waals surface area contributed by atoms with Crippen molar-refractivity contribution in [3.05, 3.63) is 39.2 Å². The fourth-order valence-corrected chi connectivity index (χ4v) is 4.13. The Morgan fingerprint density at radius 3 is 2.61 bits per heavy atom. The Kier molecular flexibility index (Phi) is 5.79. The van der Waals surface area contributed by atoms with Crippen molar-refractivity contribution in [3.63, 3.8) is 0 Å². The monoisotopic (exact) mass is 440 g/mol. The maximum Gasteiger partial charge on any atom is 0.315 e. The SMILES string of the molecule is COc1cc(/C=C2\SC(N)=NC2=O)ccc1OC(=O)[C@H]1[C@@H](C=C(Cl)Cl)C1(C)C. The highest BCUT2D eigenvalue weighted by molar-refractivity contribution is 8.18. The standard InChI is InChI=1S/C19H18Cl2N2O4S/c1-19(2)10(8-14(20)21)15(19)17(25)27-11-5-4-9(6-12(11)26-3)7-13-16(24)23-18(22)28-13/h4-8,10,15H,1-3H3,(H2,22,23,24)/b13-7-/t10-,15-/m1/s1. The van der Waals surface area contributed by atoms with E-state index in [1.807, 2.05) is 13.8 Å². The number of amides is 1. The summed E-state index contributed by atoms with van der Waals surface area (Å²) in [6, 6.07) is 5.00. The zero-order valence-corrected chi connectivity index (χ0v) is 17.7. The first kappa shape index (κ1) is 20.8. The summed E-state index contributed by atoms with van der Waals surface area (Å²) in [5, 5.41) is 0.210. The van der Waals surface area contributed by atoms with Crippen LogP contribution >= 0.6 is 35.0 Å². The van der Waals surface area contributed by atoms with Crippen LogP contribution < -0.4 is 15.2 Å². The van der Waals surface area contributed by atoms with Gasteiger partial charge in [0, 0.05) is 0 Å². The van der Waals surface area contributed by atoms with Crippen molar-refractivity contribution < 1.29 is 19.1 Å². The number of halogens is 2. The summed E-state index contributed by atoms with van der Waals surface area (Å²) in [6.45, 7) is 3.90. The number of benzene rings is 1. The van der Waals surface area contributed by atoms with Crippen LogP contribution in [0.4, 0.5) is 0 Å². The Morgan fingerprint density at radius 2 is 2.04 bits per heavy atom. The number of methoxy groups -OCH3 is 1. The molecule has 2 N–H and O–H groups in total. The molecule has 6 nitrogen and oxygen atoms in total. The van der Waals surface area contributed by atoms with E-state index in [9.17, 15) is 9.59 Å². The molecule has 28 heavy (non-hydrogen) atoms. The predicted octanol–water partition coefficient (Wildman–Crippen LogP) is 4.12. The molecule has 0 bridgehead atoms. The third-order valence-electron chi connectivity index (χ3n) is 4.80. The number of allylic oxidation sites excluding steroid dienone is 1. The summed E-state index contributed by atoms with van der Waals surface area (Å²) in [7, 11) is 1.47. The van der Waals surface area contributed by atoms with Crippen molar-refractivity contribution in [2.75, 3.05) is 7.11 Å². The minimum Gasteiger partial charge on any atom is -0.493 e. The number of nitrogens with two attached hydrogens (primary N) is 1. The first-order chi connectivity index (χ1) is 13.1. The van der Waals surface area contributed by atoms with Gasteiger partial charge in [-0.1, -0.05) is 43.1 Å². The Bertz CT molecular complexity index is 936. The van der Waals surface area contributed by atoms with Gasteiger partial charge in [0.1, 0.15) is 4.49 Å². The number of amidine groups is 1. The van der Waals surface area contributed by atoms with E-state index in [4.69, 9.17) is 38.4 Å². The molecule has 2 atom stereocenters. The van der Waals surface area contributed by atoms with Gasteiger partial charge >= 0.3 is 5.97 Å². The van der Waals surface area contributed by atoms with E-state index in [-0.39, 0.29) is 38.8 Å². The Labute approximate surface area is 176 Å². The Hall–Kier alpha value is -1.96. The average Bonchev–Trinajstić information content (AvgIpc) is 2.97. The van der Waals surface area contributed by atoms with E-state index in [0.717, 1.165) is 11.8 Å². The molecule has 2 aliphatic rings. The molecule has 0 spiro atoms. The lowest BCUT2D eigenvalue weighted by atomic mass is 10.1. The third-order valence-corrected chi connectivity index (χ3v) is 5.87. The number of esters is 1. The molecule has 1 saturated carbocycles.